The molecule has 2 aromatic carbocycles. The van der Waals surface area contributed by atoms with E-state index in [0.717, 1.165) is 5.75 Å². The lowest BCUT2D eigenvalue weighted by Crippen LogP contribution is -2.41. The number of para-hydroxylation sites is 3. The standard InChI is InChI=1S/C18H19NO4/c1-19(18(20)14-7-3-4-8-15(14)21-2)11-13-12-22-16-9-5-6-10-17(16)23-13/h3-10,13H,11-12H2,1-2H3. The molecule has 0 saturated carbocycles. The van der Waals surface area contributed by atoms with Crippen molar-refractivity contribution in [2.45, 2.75) is 6.10 Å². The molecule has 0 aromatic heterocycles. The van der Waals surface area contributed by atoms with Gasteiger partial charge in [0.05, 0.1) is 19.2 Å². The molecule has 5 nitrogen and oxygen atoms in total. The van der Waals surface area contributed by atoms with Crippen LogP contribution in [0, 0.1) is 0 Å². The third kappa shape index (κ3) is 3.23. The van der Waals surface area contributed by atoms with Gasteiger partial charge in [-0.3, -0.25) is 4.79 Å². The zero-order valence-electron chi connectivity index (χ0n) is 13.2. The first-order chi connectivity index (χ1) is 11.2. The van der Waals surface area contributed by atoms with Crippen LogP contribution in [0.15, 0.2) is 48.5 Å². The Morgan fingerprint density at radius 3 is 2.65 bits per heavy atom. The SMILES string of the molecule is COc1ccccc1C(=O)N(C)CC1COc2ccccc2O1. The van der Waals surface area contributed by atoms with Gasteiger partial charge < -0.3 is 19.1 Å². The lowest BCUT2D eigenvalue weighted by molar-refractivity contribution is 0.0519. The van der Waals surface area contributed by atoms with Gasteiger partial charge in [0.15, 0.2) is 17.6 Å². The van der Waals surface area contributed by atoms with Gasteiger partial charge in [-0.05, 0) is 24.3 Å². The summed E-state index contributed by atoms with van der Waals surface area (Å²) in [7, 11) is 3.31. The average molecular weight is 313 g/mol. The fourth-order valence-electron chi connectivity index (χ4n) is 2.57. The number of fused-ring (bicyclic) bond motifs is 1. The molecular formula is C18H19NO4. The van der Waals surface area contributed by atoms with Crippen LogP contribution in [-0.2, 0) is 0 Å². The topological polar surface area (TPSA) is 48.0 Å². The number of hydrogen-bond acceptors (Lipinski definition) is 4. The van der Waals surface area contributed by atoms with Gasteiger partial charge in [-0.1, -0.05) is 24.3 Å². The highest BCUT2D eigenvalue weighted by Crippen LogP contribution is 2.31. The minimum absolute atomic E-state index is 0.107. The molecule has 0 bridgehead atoms. The maximum atomic E-state index is 12.6. The van der Waals surface area contributed by atoms with E-state index in [4.69, 9.17) is 14.2 Å². The Morgan fingerprint density at radius 2 is 1.87 bits per heavy atom. The molecule has 0 aliphatic carbocycles. The van der Waals surface area contributed by atoms with Gasteiger partial charge in [-0.25, -0.2) is 0 Å². The summed E-state index contributed by atoms with van der Waals surface area (Å²) >= 11 is 0. The highest BCUT2D eigenvalue weighted by Gasteiger charge is 2.25. The van der Waals surface area contributed by atoms with E-state index < -0.39 is 0 Å². The predicted molar refractivity (Wildman–Crippen MR) is 86.3 cm³/mol. The molecule has 0 saturated heterocycles. The number of amides is 1. The Balaban J connectivity index is 1.68. The van der Waals surface area contributed by atoms with E-state index in [9.17, 15) is 4.79 Å². The van der Waals surface area contributed by atoms with Crippen molar-refractivity contribution in [1.82, 2.24) is 4.90 Å². The quantitative estimate of drug-likeness (QED) is 0.870. The Morgan fingerprint density at radius 1 is 1.17 bits per heavy atom. The van der Waals surface area contributed by atoms with Crippen molar-refractivity contribution in [2.75, 3.05) is 27.3 Å². The summed E-state index contributed by atoms with van der Waals surface area (Å²) in [6.45, 7) is 0.853. The molecule has 0 N–H and O–H groups in total. The summed E-state index contributed by atoms with van der Waals surface area (Å²) in [5.41, 5.74) is 0.537. The maximum absolute atomic E-state index is 12.6. The monoisotopic (exact) mass is 313 g/mol. The van der Waals surface area contributed by atoms with Crippen LogP contribution in [0.3, 0.4) is 0 Å². The zero-order valence-corrected chi connectivity index (χ0v) is 13.2. The molecule has 23 heavy (non-hydrogen) atoms. The lowest BCUT2D eigenvalue weighted by Gasteiger charge is -2.29. The van der Waals surface area contributed by atoms with E-state index in [1.165, 1.54) is 0 Å². The molecule has 1 atom stereocenters. The van der Waals surface area contributed by atoms with Gasteiger partial charge in [0.1, 0.15) is 12.4 Å². The first-order valence-electron chi connectivity index (χ1n) is 7.46. The molecule has 1 aliphatic heterocycles. The predicted octanol–water partition coefficient (Wildman–Crippen LogP) is 2.61. The molecule has 3 rings (SSSR count). The van der Waals surface area contributed by atoms with E-state index >= 15 is 0 Å². The molecule has 1 amide bonds. The van der Waals surface area contributed by atoms with E-state index in [1.807, 2.05) is 36.4 Å². The molecule has 2 aromatic rings. The number of methoxy groups -OCH3 is 1. The fourth-order valence-corrected chi connectivity index (χ4v) is 2.57. The fraction of sp³-hybridized carbons (Fsp3) is 0.278. The number of carbonyl (C=O) groups excluding carboxylic acids is 1. The van der Waals surface area contributed by atoms with E-state index in [0.29, 0.717) is 30.2 Å². The van der Waals surface area contributed by atoms with Crippen molar-refractivity contribution in [3.8, 4) is 17.2 Å². The van der Waals surface area contributed by atoms with Crippen molar-refractivity contribution < 1.29 is 19.0 Å². The van der Waals surface area contributed by atoms with Crippen LogP contribution in [-0.4, -0.2) is 44.2 Å². The van der Waals surface area contributed by atoms with Crippen LogP contribution in [0.1, 0.15) is 10.4 Å². The molecule has 1 unspecified atom stereocenters. The molecule has 0 fully saturated rings. The van der Waals surface area contributed by atoms with Crippen LogP contribution in [0.25, 0.3) is 0 Å². The second kappa shape index (κ2) is 6.60. The van der Waals surface area contributed by atoms with Crippen molar-refractivity contribution in [1.29, 1.82) is 0 Å². The largest absolute Gasteiger partial charge is 0.496 e. The van der Waals surface area contributed by atoms with Crippen molar-refractivity contribution in [3.63, 3.8) is 0 Å². The molecule has 5 heteroatoms. The van der Waals surface area contributed by atoms with Crippen molar-refractivity contribution in [2.24, 2.45) is 0 Å². The molecule has 1 aliphatic rings. The van der Waals surface area contributed by atoms with Gasteiger partial charge >= 0.3 is 0 Å². The van der Waals surface area contributed by atoms with E-state index in [-0.39, 0.29) is 12.0 Å². The normalized spacial score (nSPS) is 15.8. The summed E-state index contributed by atoms with van der Waals surface area (Å²) in [4.78, 5) is 14.2. The number of benzene rings is 2. The first-order valence-corrected chi connectivity index (χ1v) is 7.46. The minimum Gasteiger partial charge on any atom is -0.496 e. The lowest BCUT2D eigenvalue weighted by atomic mass is 10.1. The van der Waals surface area contributed by atoms with Gasteiger partial charge in [0.2, 0.25) is 0 Å². The third-order valence-electron chi connectivity index (χ3n) is 3.73. The summed E-state index contributed by atoms with van der Waals surface area (Å²) in [6.07, 6.45) is -0.200. The smallest absolute Gasteiger partial charge is 0.257 e. The van der Waals surface area contributed by atoms with Gasteiger partial charge in [0.25, 0.3) is 5.91 Å². The Hall–Kier alpha value is -2.69. The first kappa shape index (κ1) is 15.2. The molecule has 0 spiro atoms. The maximum Gasteiger partial charge on any atom is 0.257 e. The highest BCUT2D eigenvalue weighted by molar-refractivity contribution is 5.96. The van der Waals surface area contributed by atoms with Crippen LogP contribution >= 0.6 is 0 Å². The van der Waals surface area contributed by atoms with Gasteiger partial charge in [-0.2, -0.15) is 0 Å². The van der Waals surface area contributed by atoms with Gasteiger partial charge in [0, 0.05) is 7.05 Å². The Kier molecular flexibility index (Phi) is 4.37. The van der Waals surface area contributed by atoms with Crippen molar-refractivity contribution in [3.05, 3.63) is 54.1 Å². The number of hydrogen-bond donors (Lipinski definition) is 0. The van der Waals surface area contributed by atoms with Crippen LogP contribution < -0.4 is 14.2 Å². The van der Waals surface area contributed by atoms with E-state index in [2.05, 4.69) is 0 Å². The van der Waals surface area contributed by atoms with Crippen LogP contribution in [0.2, 0.25) is 0 Å². The summed E-state index contributed by atoms with van der Waals surface area (Å²) in [5.74, 6) is 1.91. The average Bonchev–Trinajstić information content (AvgIpc) is 2.60. The number of rotatable bonds is 4. The summed E-state index contributed by atoms with van der Waals surface area (Å²) in [6, 6.07) is 14.7. The second-order valence-corrected chi connectivity index (χ2v) is 5.38. The molecule has 1 heterocycles. The second-order valence-electron chi connectivity index (χ2n) is 5.38. The van der Waals surface area contributed by atoms with Crippen LogP contribution in [0.4, 0.5) is 0 Å². The number of carbonyl (C=O) groups is 1. The number of ether oxygens (including phenoxy) is 3. The van der Waals surface area contributed by atoms with Crippen molar-refractivity contribution >= 4 is 5.91 Å². The molecule has 0 radical (unpaired) electrons. The van der Waals surface area contributed by atoms with Gasteiger partial charge in [-0.15, -0.1) is 0 Å². The van der Waals surface area contributed by atoms with E-state index in [1.54, 1.807) is 31.2 Å². The molecular weight excluding hydrogens is 294 g/mol. The third-order valence-corrected chi connectivity index (χ3v) is 3.73. The zero-order chi connectivity index (χ0) is 16.2. The summed E-state index contributed by atoms with van der Waals surface area (Å²) in [5, 5.41) is 0. The minimum atomic E-state index is -0.200. The number of nitrogens with zero attached hydrogens (tertiary/aromatic N) is 1. The molecule has 120 valence electrons. The number of likely N-dealkylation sites (N-methyl/N-ethyl adjacent to an activating group) is 1. The summed E-state index contributed by atoms with van der Waals surface area (Å²) < 4.78 is 16.8. The Labute approximate surface area is 135 Å². The highest BCUT2D eigenvalue weighted by atomic mass is 16.6. The van der Waals surface area contributed by atoms with Crippen LogP contribution in [0.5, 0.6) is 17.2 Å². The Bertz CT molecular complexity index is 701.